The minimum absolute atomic E-state index is 0.0905. The maximum atomic E-state index is 4.57. The van der Waals surface area contributed by atoms with Crippen molar-refractivity contribution in [3.05, 3.63) is 175 Å². The highest BCUT2D eigenvalue weighted by Gasteiger charge is 2.35. The lowest BCUT2D eigenvalue weighted by Crippen LogP contribution is -2.17. The molecule has 6 aromatic rings. The first-order valence-electron chi connectivity index (χ1n) is 16.5. The highest BCUT2D eigenvalue weighted by Crippen LogP contribution is 2.52. The number of nitrogens with zero attached hydrogens (tertiary/aromatic N) is 1. The standard InChI is InChI=1S/C45H34N2S/c1-29-13-11-12-24-47(31-20-22-35-34-16-7-9-18-40(34)45(2,3)41(35)25-31)43-28-42(46-30-14-5-4-6-15-30)39(27-37(29)43)33-23-21-32-26-38(33)36-17-8-10-19-44(36)48-32/h4-28,46H,1H2,2-3H3/b13-11-,24-12-. The molecule has 0 fully saturated rings. The highest BCUT2D eigenvalue weighted by atomic mass is 32.2. The molecule has 0 spiro atoms. The number of allylic oxidation sites excluding steroid dienone is 4. The second-order valence-electron chi connectivity index (χ2n) is 13.2. The lowest BCUT2D eigenvalue weighted by molar-refractivity contribution is 0.660. The first kappa shape index (κ1) is 28.7. The fourth-order valence-electron chi connectivity index (χ4n) is 7.54. The maximum absolute atomic E-state index is 4.57. The van der Waals surface area contributed by atoms with Crippen molar-refractivity contribution in [3.8, 4) is 33.4 Å². The van der Waals surface area contributed by atoms with Gasteiger partial charge in [-0.3, -0.25) is 0 Å². The van der Waals surface area contributed by atoms with Crippen LogP contribution >= 0.6 is 11.8 Å². The van der Waals surface area contributed by atoms with Gasteiger partial charge in [-0.1, -0.05) is 117 Å². The normalized spacial score (nSPS) is 16.1. The predicted molar refractivity (Wildman–Crippen MR) is 205 cm³/mol. The summed E-state index contributed by atoms with van der Waals surface area (Å²) in [5, 5.41) is 3.81. The van der Waals surface area contributed by atoms with Crippen molar-refractivity contribution in [2.45, 2.75) is 29.1 Å². The maximum Gasteiger partial charge on any atom is 0.0554 e. The highest BCUT2D eigenvalue weighted by molar-refractivity contribution is 7.99. The molecule has 0 unspecified atom stereocenters. The Balaban J connectivity index is 1.25. The number of anilines is 4. The van der Waals surface area contributed by atoms with Crippen LogP contribution in [0.25, 0.3) is 39.0 Å². The van der Waals surface area contributed by atoms with Crippen molar-refractivity contribution >= 4 is 40.1 Å². The molecule has 0 amide bonds. The number of para-hydroxylation sites is 1. The Bertz CT molecular complexity index is 2340. The van der Waals surface area contributed by atoms with Gasteiger partial charge < -0.3 is 10.2 Å². The molecule has 6 aromatic carbocycles. The summed E-state index contributed by atoms with van der Waals surface area (Å²) in [5.74, 6) is 0. The smallest absolute Gasteiger partial charge is 0.0554 e. The molecule has 48 heavy (non-hydrogen) atoms. The van der Waals surface area contributed by atoms with E-state index >= 15 is 0 Å². The number of hydrogen-bond acceptors (Lipinski definition) is 3. The molecule has 2 bridgehead atoms. The van der Waals surface area contributed by atoms with Gasteiger partial charge in [-0.15, -0.1) is 0 Å². The van der Waals surface area contributed by atoms with Gasteiger partial charge in [0.15, 0.2) is 0 Å². The fourth-order valence-corrected chi connectivity index (χ4v) is 8.54. The van der Waals surface area contributed by atoms with Gasteiger partial charge in [0.2, 0.25) is 0 Å². The van der Waals surface area contributed by atoms with Crippen molar-refractivity contribution in [3.63, 3.8) is 0 Å². The van der Waals surface area contributed by atoms with Crippen molar-refractivity contribution in [1.82, 2.24) is 0 Å². The fraction of sp³-hybridized carbons (Fsp3) is 0.0667. The Labute approximate surface area is 286 Å². The van der Waals surface area contributed by atoms with Crippen molar-refractivity contribution < 1.29 is 0 Å². The van der Waals surface area contributed by atoms with E-state index in [2.05, 4.69) is 182 Å². The molecule has 2 nitrogen and oxygen atoms in total. The Morgan fingerprint density at radius 2 is 1.35 bits per heavy atom. The van der Waals surface area contributed by atoms with Gasteiger partial charge in [0, 0.05) is 49.6 Å². The summed E-state index contributed by atoms with van der Waals surface area (Å²) in [6.45, 7) is 9.25. The number of nitrogens with one attached hydrogen (secondary N) is 1. The van der Waals surface area contributed by atoms with E-state index in [9.17, 15) is 0 Å². The van der Waals surface area contributed by atoms with Crippen LogP contribution < -0.4 is 10.2 Å². The molecule has 3 heteroatoms. The zero-order chi connectivity index (χ0) is 32.4. The van der Waals surface area contributed by atoms with Crippen LogP contribution in [0.5, 0.6) is 0 Å². The van der Waals surface area contributed by atoms with Crippen molar-refractivity contribution in [2.75, 3.05) is 10.2 Å². The molecular formula is C45H34N2S. The molecule has 0 atom stereocenters. The third kappa shape index (κ3) is 4.57. The Kier molecular flexibility index (Phi) is 6.60. The molecule has 1 N–H and O–H groups in total. The Morgan fingerprint density at radius 1 is 0.604 bits per heavy atom. The second kappa shape index (κ2) is 11.0. The van der Waals surface area contributed by atoms with Gasteiger partial charge >= 0.3 is 0 Å². The molecule has 0 aromatic heterocycles. The van der Waals surface area contributed by atoms with E-state index in [0.29, 0.717) is 0 Å². The summed E-state index contributed by atoms with van der Waals surface area (Å²) >= 11 is 1.83. The van der Waals surface area contributed by atoms with E-state index in [4.69, 9.17) is 0 Å². The van der Waals surface area contributed by atoms with E-state index in [1.54, 1.807) is 0 Å². The summed E-state index contributed by atoms with van der Waals surface area (Å²) < 4.78 is 0. The van der Waals surface area contributed by atoms with Gasteiger partial charge in [0.1, 0.15) is 0 Å². The topological polar surface area (TPSA) is 15.3 Å². The molecule has 3 aliphatic rings. The quantitative estimate of drug-likeness (QED) is 0.207. The van der Waals surface area contributed by atoms with Gasteiger partial charge in [-0.2, -0.15) is 0 Å². The minimum Gasteiger partial charge on any atom is -0.355 e. The van der Waals surface area contributed by atoms with E-state index < -0.39 is 0 Å². The van der Waals surface area contributed by atoms with Gasteiger partial charge in [0.25, 0.3) is 0 Å². The van der Waals surface area contributed by atoms with Crippen LogP contribution in [0.2, 0.25) is 0 Å². The van der Waals surface area contributed by atoms with Crippen LogP contribution in [0.15, 0.2) is 168 Å². The van der Waals surface area contributed by atoms with Crippen molar-refractivity contribution in [1.29, 1.82) is 0 Å². The van der Waals surface area contributed by atoms with E-state index in [0.717, 1.165) is 39.4 Å². The average Bonchev–Trinajstić information content (AvgIpc) is 3.34. The van der Waals surface area contributed by atoms with E-state index in [-0.39, 0.29) is 5.41 Å². The summed E-state index contributed by atoms with van der Waals surface area (Å²) in [6.07, 6.45) is 8.49. The summed E-state index contributed by atoms with van der Waals surface area (Å²) in [6, 6.07) is 46.5. The van der Waals surface area contributed by atoms with Crippen LogP contribution in [0.1, 0.15) is 30.5 Å². The molecule has 0 saturated carbocycles. The largest absolute Gasteiger partial charge is 0.355 e. The van der Waals surface area contributed by atoms with Crippen molar-refractivity contribution in [2.24, 2.45) is 0 Å². The number of rotatable bonds is 4. The summed E-state index contributed by atoms with van der Waals surface area (Å²) in [7, 11) is 0. The number of hydrogen-bond donors (Lipinski definition) is 1. The van der Waals surface area contributed by atoms with Crippen LogP contribution in [-0.2, 0) is 5.41 Å². The third-order valence-corrected chi connectivity index (χ3v) is 11.0. The molecular weight excluding hydrogens is 601 g/mol. The molecule has 0 radical (unpaired) electrons. The minimum atomic E-state index is -0.0905. The monoisotopic (exact) mass is 634 g/mol. The van der Waals surface area contributed by atoms with Gasteiger partial charge in [-0.25, -0.2) is 0 Å². The van der Waals surface area contributed by atoms with Crippen LogP contribution in [0.3, 0.4) is 0 Å². The molecule has 1 aliphatic carbocycles. The second-order valence-corrected chi connectivity index (χ2v) is 14.3. The first-order chi connectivity index (χ1) is 23.5. The molecule has 9 rings (SSSR count). The first-order valence-corrected chi connectivity index (χ1v) is 17.3. The number of benzene rings is 6. The number of fused-ring (bicyclic) bond motifs is 8. The lowest BCUT2D eigenvalue weighted by atomic mass is 9.82. The Hall–Kier alpha value is -5.51. The van der Waals surface area contributed by atoms with Crippen LogP contribution in [0.4, 0.5) is 22.7 Å². The third-order valence-electron chi connectivity index (χ3n) is 9.97. The Morgan fingerprint density at radius 3 is 2.23 bits per heavy atom. The zero-order valence-electron chi connectivity index (χ0n) is 27.0. The van der Waals surface area contributed by atoms with E-state index in [1.165, 1.54) is 48.7 Å². The molecule has 0 saturated heterocycles. The zero-order valence-corrected chi connectivity index (χ0v) is 27.8. The van der Waals surface area contributed by atoms with Gasteiger partial charge in [-0.05, 0) is 105 Å². The SMILES string of the molecule is C=C1/C=C\C=C/N(c2ccc3c(c2)C(C)(C)c2ccccc2-3)c2cc(Nc3ccccc3)c(-c3ccc4cc3-c3ccccc3S4)cc21. The summed E-state index contributed by atoms with van der Waals surface area (Å²) in [4.78, 5) is 4.88. The van der Waals surface area contributed by atoms with Crippen LogP contribution in [0, 0.1) is 0 Å². The van der Waals surface area contributed by atoms with Gasteiger partial charge in [0.05, 0.1) is 5.69 Å². The van der Waals surface area contributed by atoms with Crippen LogP contribution in [-0.4, -0.2) is 0 Å². The average molecular weight is 635 g/mol. The molecule has 230 valence electrons. The lowest BCUT2D eigenvalue weighted by Gasteiger charge is -2.29. The molecule has 2 aliphatic heterocycles. The predicted octanol–water partition coefficient (Wildman–Crippen LogP) is 12.8. The molecule has 2 heterocycles. The van der Waals surface area contributed by atoms with E-state index in [1.807, 2.05) is 11.8 Å². The summed E-state index contributed by atoms with van der Waals surface area (Å²) in [5.41, 5.74) is 16.5.